The molecule has 3 rings (SSSR count). The normalized spacial score (nSPS) is 11.2. The second-order valence-electron chi connectivity index (χ2n) is 7.69. The van der Waals surface area contributed by atoms with Crippen LogP contribution in [0.3, 0.4) is 0 Å². The molecule has 0 aliphatic carbocycles. The number of nitrogens with one attached hydrogen (secondary N) is 1. The Labute approximate surface area is 186 Å². The van der Waals surface area contributed by atoms with Crippen molar-refractivity contribution in [3.63, 3.8) is 0 Å². The molecular formula is C25H35N5O. The lowest BCUT2D eigenvalue weighted by atomic mass is 9.79. The lowest BCUT2D eigenvalue weighted by molar-refractivity contribution is -0.119. The fourth-order valence-corrected chi connectivity index (χ4v) is 3.13. The first-order chi connectivity index (χ1) is 14.8. The van der Waals surface area contributed by atoms with E-state index in [-0.39, 0.29) is 17.4 Å². The molecule has 1 aromatic heterocycles. The summed E-state index contributed by atoms with van der Waals surface area (Å²) in [6, 6.07) is 20.2. The Bertz CT molecular complexity index is 851. The lowest BCUT2D eigenvalue weighted by Gasteiger charge is -2.29. The van der Waals surface area contributed by atoms with Gasteiger partial charge >= 0.3 is 0 Å². The van der Waals surface area contributed by atoms with Crippen LogP contribution in [0.1, 0.15) is 59.4 Å². The van der Waals surface area contributed by atoms with Crippen LogP contribution in [0.5, 0.6) is 0 Å². The third-order valence-corrected chi connectivity index (χ3v) is 4.44. The number of hydrogen-bond acceptors (Lipinski definition) is 5. The Morgan fingerprint density at radius 3 is 1.77 bits per heavy atom. The quantitative estimate of drug-likeness (QED) is 0.616. The first-order valence-corrected chi connectivity index (χ1v) is 10.7. The summed E-state index contributed by atoms with van der Waals surface area (Å²) >= 11 is 0. The number of hydrogen-bond donors (Lipinski definition) is 1. The van der Waals surface area contributed by atoms with Gasteiger partial charge in [-0.15, -0.1) is 20.4 Å². The number of amides is 1. The molecule has 0 aliphatic rings. The Morgan fingerprint density at radius 2 is 1.35 bits per heavy atom. The van der Waals surface area contributed by atoms with Crippen LogP contribution >= 0.6 is 0 Å². The van der Waals surface area contributed by atoms with Gasteiger partial charge in [-0.25, -0.2) is 0 Å². The van der Waals surface area contributed by atoms with Crippen LogP contribution < -0.4 is 5.32 Å². The molecule has 0 saturated carbocycles. The molecule has 0 saturated heterocycles. The fourth-order valence-electron chi connectivity index (χ4n) is 3.13. The molecule has 6 heteroatoms. The van der Waals surface area contributed by atoms with Gasteiger partial charge in [-0.2, -0.15) is 0 Å². The summed E-state index contributed by atoms with van der Waals surface area (Å²) in [6.45, 7) is 13.7. The van der Waals surface area contributed by atoms with E-state index in [1.54, 1.807) is 13.8 Å². The van der Waals surface area contributed by atoms with Gasteiger partial charge < -0.3 is 5.32 Å². The summed E-state index contributed by atoms with van der Waals surface area (Å²) in [4.78, 5) is 11.2. The molecule has 1 amide bonds. The Hall–Kier alpha value is -3.15. The smallest absolute Gasteiger partial charge is 0.217 e. The monoisotopic (exact) mass is 421 g/mol. The Balaban J connectivity index is 0.000000508. The standard InChI is InChI=1S/C17H23N5O.C6H6.C2H6/c1-11(18-13(3)23)10-17(4,5)15-8-6-14(7-9-15)16-21-19-12(2)20-22-16;1-2-4-6-5-3-1;1-2/h6-9,11H,10H2,1-5H3,(H,18,23);1-6H;1-2H3. The highest BCUT2D eigenvalue weighted by atomic mass is 16.1. The Kier molecular flexibility index (Phi) is 11.0. The van der Waals surface area contributed by atoms with E-state index in [0.717, 1.165) is 12.0 Å². The average molecular weight is 422 g/mol. The van der Waals surface area contributed by atoms with Crippen LogP contribution in [-0.4, -0.2) is 32.3 Å². The molecule has 6 nitrogen and oxygen atoms in total. The average Bonchev–Trinajstić information content (AvgIpc) is 2.76. The summed E-state index contributed by atoms with van der Waals surface area (Å²) in [5.74, 6) is 1.07. The van der Waals surface area contributed by atoms with Crippen LogP contribution in [0.15, 0.2) is 60.7 Å². The number of rotatable bonds is 5. The highest BCUT2D eigenvalue weighted by molar-refractivity contribution is 5.73. The van der Waals surface area contributed by atoms with E-state index in [9.17, 15) is 4.79 Å². The zero-order valence-electron chi connectivity index (χ0n) is 19.8. The van der Waals surface area contributed by atoms with Gasteiger partial charge in [0, 0.05) is 18.5 Å². The van der Waals surface area contributed by atoms with Gasteiger partial charge in [0.25, 0.3) is 0 Å². The number of carbonyl (C=O) groups excluding carboxylic acids is 1. The molecule has 1 heterocycles. The predicted octanol–water partition coefficient (Wildman–Crippen LogP) is 5.15. The van der Waals surface area contributed by atoms with Gasteiger partial charge in [0.1, 0.15) is 0 Å². The van der Waals surface area contributed by atoms with Crippen LogP contribution in [0.4, 0.5) is 0 Å². The number of nitrogens with zero attached hydrogens (tertiary/aromatic N) is 4. The van der Waals surface area contributed by atoms with E-state index in [0.29, 0.717) is 11.6 Å². The molecule has 31 heavy (non-hydrogen) atoms. The second-order valence-corrected chi connectivity index (χ2v) is 7.69. The summed E-state index contributed by atoms with van der Waals surface area (Å²) in [7, 11) is 0. The number of benzene rings is 2. The number of carbonyl (C=O) groups is 1. The molecule has 1 unspecified atom stereocenters. The molecule has 2 aromatic carbocycles. The molecule has 0 aliphatic heterocycles. The maximum atomic E-state index is 11.2. The van der Waals surface area contributed by atoms with Gasteiger partial charge in [0.05, 0.1) is 0 Å². The van der Waals surface area contributed by atoms with Crippen molar-refractivity contribution in [2.75, 3.05) is 0 Å². The third kappa shape index (κ3) is 9.47. The van der Waals surface area contributed by atoms with Gasteiger partial charge in [-0.1, -0.05) is 88.4 Å². The minimum absolute atomic E-state index is 0.000155. The number of aryl methyl sites for hydroxylation is 1. The summed E-state index contributed by atoms with van der Waals surface area (Å²) in [5, 5.41) is 18.9. The van der Waals surface area contributed by atoms with Gasteiger partial charge in [-0.3, -0.25) is 4.79 Å². The Morgan fingerprint density at radius 1 is 0.903 bits per heavy atom. The van der Waals surface area contributed by atoms with E-state index >= 15 is 0 Å². The van der Waals surface area contributed by atoms with Crippen LogP contribution in [0.2, 0.25) is 0 Å². The highest BCUT2D eigenvalue weighted by Gasteiger charge is 2.24. The number of aromatic nitrogens is 4. The largest absolute Gasteiger partial charge is 0.354 e. The van der Waals surface area contributed by atoms with Crippen LogP contribution in [-0.2, 0) is 10.2 Å². The summed E-state index contributed by atoms with van der Waals surface area (Å²) in [5.41, 5.74) is 2.04. The van der Waals surface area contributed by atoms with E-state index in [4.69, 9.17) is 0 Å². The molecule has 0 fully saturated rings. The fraction of sp³-hybridized carbons (Fsp3) is 0.400. The minimum atomic E-state index is -0.0506. The molecule has 0 spiro atoms. The molecule has 0 radical (unpaired) electrons. The molecular weight excluding hydrogens is 386 g/mol. The van der Waals surface area contributed by atoms with Crippen molar-refractivity contribution in [3.05, 3.63) is 72.1 Å². The van der Waals surface area contributed by atoms with E-state index < -0.39 is 0 Å². The van der Waals surface area contributed by atoms with E-state index in [1.807, 2.05) is 69.3 Å². The summed E-state index contributed by atoms with van der Waals surface area (Å²) in [6.07, 6.45) is 0.857. The zero-order valence-corrected chi connectivity index (χ0v) is 19.8. The first-order valence-electron chi connectivity index (χ1n) is 10.7. The van der Waals surface area contributed by atoms with Crippen molar-refractivity contribution in [2.45, 2.75) is 66.3 Å². The van der Waals surface area contributed by atoms with Crippen LogP contribution in [0.25, 0.3) is 11.4 Å². The SMILES string of the molecule is CC.CC(=O)NC(C)CC(C)(C)c1ccc(-c2nnc(C)nn2)cc1.c1ccccc1. The van der Waals surface area contributed by atoms with Crippen molar-refractivity contribution in [3.8, 4) is 11.4 Å². The van der Waals surface area contributed by atoms with Gasteiger partial charge in [0.2, 0.25) is 11.7 Å². The van der Waals surface area contributed by atoms with Gasteiger partial charge in [-0.05, 0) is 31.2 Å². The summed E-state index contributed by atoms with van der Waals surface area (Å²) < 4.78 is 0. The lowest BCUT2D eigenvalue weighted by Crippen LogP contribution is -2.35. The van der Waals surface area contributed by atoms with E-state index in [2.05, 4.69) is 51.7 Å². The van der Waals surface area contributed by atoms with Gasteiger partial charge in [0.15, 0.2) is 5.82 Å². The predicted molar refractivity (Wildman–Crippen MR) is 127 cm³/mol. The van der Waals surface area contributed by atoms with Crippen molar-refractivity contribution < 1.29 is 4.79 Å². The maximum absolute atomic E-state index is 11.2. The third-order valence-electron chi connectivity index (χ3n) is 4.44. The minimum Gasteiger partial charge on any atom is -0.354 e. The van der Waals surface area contributed by atoms with E-state index in [1.165, 1.54) is 5.56 Å². The molecule has 3 aromatic rings. The maximum Gasteiger partial charge on any atom is 0.217 e. The van der Waals surface area contributed by atoms with Crippen molar-refractivity contribution in [1.82, 2.24) is 25.7 Å². The highest BCUT2D eigenvalue weighted by Crippen LogP contribution is 2.29. The van der Waals surface area contributed by atoms with Crippen molar-refractivity contribution in [2.24, 2.45) is 0 Å². The molecule has 1 N–H and O–H groups in total. The zero-order chi connectivity index (χ0) is 23.3. The molecule has 0 bridgehead atoms. The van der Waals surface area contributed by atoms with Crippen LogP contribution in [0, 0.1) is 6.92 Å². The first kappa shape index (κ1) is 25.9. The van der Waals surface area contributed by atoms with Crippen molar-refractivity contribution in [1.29, 1.82) is 0 Å². The molecule has 1 atom stereocenters. The molecule has 166 valence electrons. The second kappa shape index (κ2) is 13.2. The van der Waals surface area contributed by atoms with Crippen molar-refractivity contribution >= 4 is 5.91 Å². The topological polar surface area (TPSA) is 80.7 Å².